The van der Waals surface area contributed by atoms with E-state index in [1.165, 1.54) is 0 Å². The summed E-state index contributed by atoms with van der Waals surface area (Å²) in [7, 11) is 0. The first-order valence-corrected chi connectivity index (χ1v) is 8.03. The molecule has 0 aliphatic heterocycles. The van der Waals surface area contributed by atoms with Crippen molar-refractivity contribution < 1.29 is 4.74 Å². The van der Waals surface area contributed by atoms with Gasteiger partial charge in [0.1, 0.15) is 17.3 Å². The topological polar surface area (TPSA) is 70.0 Å². The van der Waals surface area contributed by atoms with Crippen molar-refractivity contribution in [2.24, 2.45) is 0 Å². The number of nitrogens with one attached hydrogen (secondary N) is 3. The number of aryl methyl sites for hydroxylation is 1. The fourth-order valence-corrected chi connectivity index (χ4v) is 2.26. The van der Waals surface area contributed by atoms with Crippen molar-refractivity contribution in [3.05, 3.63) is 84.1 Å². The zero-order valence-corrected chi connectivity index (χ0v) is 14.0. The maximum absolute atomic E-state index is 8.02. The Morgan fingerprint density at radius 2 is 1.76 bits per heavy atom. The van der Waals surface area contributed by atoms with Gasteiger partial charge in [0, 0.05) is 18.3 Å². The predicted octanol–water partition coefficient (Wildman–Crippen LogP) is 4.32. The number of pyridine rings is 1. The molecule has 1 aromatic heterocycles. The van der Waals surface area contributed by atoms with E-state index in [9.17, 15) is 0 Å². The molecule has 0 fully saturated rings. The zero-order valence-electron chi connectivity index (χ0n) is 14.0. The first-order valence-electron chi connectivity index (χ1n) is 8.03. The van der Waals surface area contributed by atoms with Gasteiger partial charge in [0.05, 0.1) is 0 Å². The van der Waals surface area contributed by atoms with E-state index in [-0.39, 0.29) is 5.96 Å². The minimum Gasteiger partial charge on any atom is -0.457 e. The maximum atomic E-state index is 8.02. The number of ether oxygens (including phenoxy) is 1. The minimum absolute atomic E-state index is 0.186. The van der Waals surface area contributed by atoms with Crippen molar-refractivity contribution in [3.63, 3.8) is 0 Å². The molecule has 0 atom stereocenters. The predicted molar refractivity (Wildman–Crippen MR) is 100 cm³/mol. The van der Waals surface area contributed by atoms with Gasteiger partial charge in [0.15, 0.2) is 5.96 Å². The third-order valence-electron chi connectivity index (χ3n) is 3.56. The Bertz CT molecular complexity index is 832. The smallest absolute Gasteiger partial charge is 0.194 e. The van der Waals surface area contributed by atoms with E-state index in [0.29, 0.717) is 12.4 Å². The highest BCUT2D eigenvalue weighted by atomic mass is 16.5. The van der Waals surface area contributed by atoms with E-state index in [0.717, 1.165) is 22.6 Å². The van der Waals surface area contributed by atoms with E-state index in [1.54, 1.807) is 6.20 Å². The Balaban J connectivity index is 1.61. The molecular formula is C20H20N4O. The monoisotopic (exact) mass is 332 g/mol. The van der Waals surface area contributed by atoms with E-state index in [4.69, 9.17) is 10.1 Å². The summed E-state index contributed by atoms with van der Waals surface area (Å²) >= 11 is 0. The van der Waals surface area contributed by atoms with Gasteiger partial charge in [-0.05, 0) is 36.8 Å². The van der Waals surface area contributed by atoms with Crippen molar-refractivity contribution in [2.75, 3.05) is 5.32 Å². The average molecular weight is 332 g/mol. The van der Waals surface area contributed by atoms with Gasteiger partial charge in [-0.15, -0.1) is 0 Å². The highest BCUT2D eigenvalue weighted by Crippen LogP contribution is 2.24. The van der Waals surface area contributed by atoms with Crippen LogP contribution < -0.4 is 15.4 Å². The van der Waals surface area contributed by atoms with Crippen LogP contribution in [0.25, 0.3) is 0 Å². The van der Waals surface area contributed by atoms with E-state index in [1.807, 2.05) is 73.7 Å². The first-order chi connectivity index (χ1) is 12.2. The molecule has 126 valence electrons. The van der Waals surface area contributed by atoms with E-state index < -0.39 is 0 Å². The van der Waals surface area contributed by atoms with Gasteiger partial charge >= 0.3 is 0 Å². The molecule has 0 aliphatic rings. The summed E-state index contributed by atoms with van der Waals surface area (Å²) in [5.74, 6) is 2.37. The minimum atomic E-state index is 0.186. The molecule has 0 saturated heterocycles. The van der Waals surface area contributed by atoms with Crippen LogP contribution in [0.15, 0.2) is 72.9 Å². The maximum Gasteiger partial charge on any atom is 0.194 e. The molecule has 1 heterocycles. The fraction of sp³-hybridized carbons (Fsp3) is 0.100. The van der Waals surface area contributed by atoms with Crippen LogP contribution in [-0.4, -0.2) is 10.9 Å². The number of rotatable bonds is 5. The summed E-state index contributed by atoms with van der Waals surface area (Å²) in [6.45, 7) is 2.45. The lowest BCUT2D eigenvalue weighted by Gasteiger charge is -2.13. The van der Waals surface area contributed by atoms with Crippen LogP contribution in [0.3, 0.4) is 0 Å². The molecule has 0 bridgehead atoms. The van der Waals surface area contributed by atoms with E-state index >= 15 is 0 Å². The molecule has 5 nitrogen and oxygen atoms in total. The van der Waals surface area contributed by atoms with Crippen molar-refractivity contribution >= 4 is 11.8 Å². The van der Waals surface area contributed by atoms with Gasteiger partial charge < -0.3 is 15.4 Å². The normalized spacial score (nSPS) is 10.1. The molecule has 0 radical (unpaired) electrons. The molecule has 0 amide bonds. The molecule has 0 spiro atoms. The second-order valence-corrected chi connectivity index (χ2v) is 5.60. The second-order valence-electron chi connectivity index (χ2n) is 5.60. The molecular weight excluding hydrogens is 312 g/mol. The molecule has 3 N–H and O–H groups in total. The third kappa shape index (κ3) is 4.81. The van der Waals surface area contributed by atoms with Crippen LogP contribution in [0, 0.1) is 12.3 Å². The van der Waals surface area contributed by atoms with Gasteiger partial charge in [0.25, 0.3) is 0 Å². The molecule has 2 aromatic carbocycles. The number of nitrogens with zero attached hydrogens (tertiary/aromatic N) is 1. The van der Waals surface area contributed by atoms with Crippen molar-refractivity contribution in [2.45, 2.75) is 13.5 Å². The largest absolute Gasteiger partial charge is 0.457 e. The van der Waals surface area contributed by atoms with Crippen LogP contribution >= 0.6 is 0 Å². The second kappa shape index (κ2) is 7.97. The molecule has 3 rings (SSSR count). The van der Waals surface area contributed by atoms with Gasteiger partial charge in [-0.25, -0.2) is 4.98 Å². The van der Waals surface area contributed by atoms with E-state index in [2.05, 4.69) is 15.6 Å². The number of anilines is 1. The molecule has 5 heteroatoms. The molecule has 3 aromatic rings. The number of para-hydroxylation sites is 2. The Morgan fingerprint density at radius 1 is 1.00 bits per heavy atom. The van der Waals surface area contributed by atoms with Crippen molar-refractivity contribution in [3.8, 4) is 11.5 Å². The number of benzene rings is 2. The summed E-state index contributed by atoms with van der Waals surface area (Å²) in [4.78, 5) is 4.23. The van der Waals surface area contributed by atoms with Crippen LogP contribution in [-0.2, 0) is 6.54 Å². The van der Waals surface area contributed by atoms with Crippen molar-refractivity contribution in [1.82, 2.24) is 10.3 Å². The molecule has 0 saturated carbocycles. The van der Waals surface area contributed by atoms with Gasteiger partial charge in [-0.2, -0.15) is 0 Å². The van der Waals surface area contributed by atoms with Gasteiger partial charge in [-0.1, -0.05) is 42.5 Å². The Morgan fingerprint density at radius 3 is 2.52 bits per heavy atom. The van der Waals surface area contributed by atoms with Crippen LogP contribution in [0.2, 0.25) is 0 Å². The zero-order chi connectivity index (χ0) is 17.5. The molecule has 25 heavy (non-hydrogen) atoms. The number of hydrogen-bond acceptors (Lipinski definition) is 3. The number of hydrogen-bond donors (Lipinski definition) is 3. The summed E-state index contributed by atoms with van der Waals surface area (Å²) in [5, 5.41) is 14.0. The Kier molecular flexibility index (Phi) is 5.26. The highest BCUT2D eigenvalue weighted by Gasteiger charge is 2.06. The Hall–Kier alpha value is -3.34. The summed E-state index contributed by atoms with van der Waals surface area (Å²) < 4.78 is 5.93. The number of guanidine groups is 1. The fourth-order valence-electron chi connectivity index (χ4n) is 2.26. The summed E-state index contributed by atoms with van der Waals surface area (Å²) in [5.41, 5.74) is 2.05. The summed E-state index contributed by atoms with van der Waals surface area (Å²) in [6, 6.07) is 21.2. The van der Waals surface area contributed by atoms with Crippen LogP contribution in [0.5, 0.6) is 11.5 Å². The molecule has 0 unspecified atom stereocenters. The average Bonchev–Trinajstić information content (AvgIpc) is 2.64. The third-order valence-corrected chi connectivity index (χ3v) is 3.56. The lowest BCUT2D eigenvalue weighted by atomic mass is 10.2. The summed E-state index contributed by atoms with van der Waals surface area (Å²) in [6.07, 6.45) is 1.76. The highest BCUT2D eigenvalue weighted by molar-refractivity contribution is 5.90. The van der Waals surface area contributed by atoms with Crippen LogP contribution in [0.4, 0.5) is 5.82 Å². The quantitative estimate of drug-likeness (QED) is 0.481. The lowest BCUT2D eigenvalue weighted by Crippen LogP contribution is -2.29. The standard InChI is InChI=1S/C20H20N4O/c1-15-11-12-19(22-13-15)24-20(21)23-14-16-7-5-6-10-18(16)25-17-8-3-2-4-9-17/h2-13H,14H2,1H3,(H3,21,22,23,24). The Labute approximate surface area is 147 Å². The SMILES string of the molecule is Cc1ccc(NC(=N)NCc2ccccc2Oc2ccccc2)nc1. The first kappa shape index (κ1) is 16.5. The molecule has 0 aliphatic carbocycles. The number of aromatic nitrogens is 1. The lowest BCUT2D eigenvalue weighted by molar-refractivity contribution is 0.475. The van der Waals surface area contributed by atoms with Crippen molar-refractivity contribution in [1.29, 1.82) is 5.41 Å². The van der Waals surface area contributed by atoms with Gasteiger partial charge in [0.2, 0.25) is 0 Å². The van der Waals surface area contributed by atoms with Gasteiger partial charge in [-0.3, -0.25) is 5.41 Å². The van der Waals surface area contributed by atoms with Crippen LogP contribution in [0.1, 0.15) is 11.1 Å².